The fourth-order valence-electron chi connectivity index (χ4n) is 1.80. The van der Waals surface area contributed by atoms with Gasteiger partial charge in [0.2, 0.25) is 15.9 Å². The van der Waals surface area contributed by atoms with E-state index in [4.69, 9.17) is 5.73 Å². The molecule has 0 spiro atoms. The van der Waals surface area contributed by atoms with Crippen molar-refractivity contribution in [2.45, 2.75) is 11.4 Å². The highest BCUT2D eigenvalue weighted by molar-refractivity contribution is 7.89. The molecule has 0 atom stereocenters. The second-order valence-electron chi connectivity index (χ2n) is 4.51. The van der Waals surface area contributed by atoms with Crippen molar-refractivity contribution in [1.82, 2.24) is 9.29 Å². The van der Waals surface area contributed by atoms with Gasteiger partial charge in [0.25, 0.3) is 0 Å². The Morgan fingerprint density at radius 2 is 1.90 bits per heavy atom. The average Bonchev–Trinajstić information content (AvgIpc) is 2.48. The van der Waals surface area contributed by atoms with E-state index in [-0.39, 0.29) is 17.0 Å². The van der Waals surface area contributed by atoms with Crippen molar-refractivity contribution in [1.29, 1.82) is 0 Å². The number of aromatic nitrogens is 1. The highest BCUT2D eigenvalue weighted by atomic mass is 32.2. The van der Waals surface area contributed by atoms with Gasteiger partial charge in [0.15, 0.2) is 0 Å². The fraction of sp³-hybridized carbons (Fsp3) is 0.143. The molecule has 1 amide bonds. The van der Waals surface area contributed by atoms with Crippen molar-refractivity contribution in [3.05, 3.63) is 59.9 Å². The van der Waals surface area contributed by atoms with Gasteiger partial charge in [-0.05, 0) is 35.9 Å². The van der Waals surface area contributed by atoms with Crippen LogP contribution in [0.15, 0.2) is 53.7 Å². The van der Waals surface area contributed by atoms with Crippen LogP contribution in [0.1, 0.15) is 15.9 Å². The van der Waals surface area contributed by atoms with Crippen LogP contribution in [0.3, 0.4) is 0 Å². The van der Waals surface area contributed by atoms with E-state index < -0.39 is 15.9 Å². The summed E-state index contributed by atoms with van der Waals surface area (Å²) in [6, 6.07) is 9.08. The van der Waals surface area contributed by atoms with Crippen LogP contribution in [0.2, 0.25) is 0 Å². The van der Waals surface area contributed by atoms with Crippen LogP contribution in [0.25, 0.3) is 0 Å². The Morgan fingerprint density at radius 1 is 1.24 bits per heavy atom. The number of nitrogens with zero attached hydrogens (tertiary/aromatic N) is 2. The minimum absolute atomic E-state index is 0.110. The summed E-state index contributed by atoms with van der Waals surface area (Å²) in [5, 5.41) is 0. The molecule has 7 heteroatoms. The second-order valence-corrected chi connectivity index (χ2v) is 6.56. The minimum atomic E-state index is -3.63. The van der Waals surface area contributed by atoms with Gasteiger partial charge in [-0.2, -0.15) is 4.31 Å². The first-order valence-electron chi connectivity index (χ1n) is 6.16. The zero-order chi connectivity index (χ0) is 15.5. The Bertz CT molecular complexity index is 728. The summed E-state index contributed by atoms with van der Waals surface area (Å²) in [4.78, 5) is 15.1. The third kappa shape index (κ3) is 3.45. The first-order valence-corrected chi connectivity index (χ1v) is 7.60. The molecule has 21 heavy (non-hydrogen) atoms. The van der Waals surface area contributed by atoms with Crippen molar-refractivity contribution in [3.63, 3.8) is 0 Å². The number of benzene rings is 1. The van der Waals surface area contributed by atoms with Crippen molar-refractivity contribution in [3.8, 4) is 0 Å². The molecule has 0 fully saturated rings. The van der Waals surface area contributed by atoms with Crippen molar-refractivity contribution >= 4 is 15.9 Å². The largest absolute Gasteiger partial charge is 0.366 e. The van der Waals surface area contributed by atoms with Crippen LogP contribution >= 0.6 is 0 Å². The van der Waals surface area contributed by atoms with E-state index in [1.165, 1.54) is 35.6 Å². The lowest BCUT2D eigenvalue weighted by Crippen LogP contribution is -2.26. The van der Waals surface area contributed by atoms with Gasteiger partial charge in [-0.25, -0.2) is 8.42 Å². The molecular formula is C14H15N3O3S. The molecule has 2 aromatic rings. The quantitative estimate of drug-likeness (QED) is 0.891. The first-order chi connectivity index (χ1) is 9.91. The lowest BCUT2D eigenvalue weighted by atomic mass is 10.2. The Labute approximate surface area is 123 Å². The van der Waals surface area contributed by atoms with Gasteiger partial charge in [0.05, 0.1) is 4.90 Å². The normalized spacial score (nSPS) is 11.5. The van der Waals surface area contributed by atoms with Crippen molar-refractivity contribution in [2.75, 3.05) is 7.05 Å². The summed E-state index contributed by atoms with van der Waals surface area (Å²) in [6.07, 6.45) is 3.24. The summed E-state index contributed by atoms with van der Waals surface area (Å²) in [7, 11) is -2.14. The van der Waals surface area contributed by atoms with E-state index in [0.717, 1.165) is 5.56 Å². The van der Waals surface area contributed by atoms with Crippen LogP contribution in [0.4, 0.5) is 0 Å². The van der Waals surface area contributed by atoms with Crippen molar-refractivity contribution < 1.29 is 13.2 Å². The molecule has 0 bridgehead atoms. The van der Waals surface area contributed by atoms with Gasteiger partial charge in [-0.15, -0.1) is 0 Å². The summed E-state index contributed by atoms with van der Waals surface area (Å²) in [6.45, 7) is 0.216. The molecule has 1 aromatic heterocycles. The fourth-order valence-corrected chi connectivity index (χ4v) is 2.96. The third-order valence-electron chi connectivity index (χ3n) is 2.98. The molecule has 0 radical (unpaired) electrons. The number of pyridine rings is 1. The lowest BCUT2D eigenvalue weighted by Gasteiger charge is -2.17. The molecular weight excluding hydrogens is 290 g/mol. The average molecular weight is 305 g/mol. The van der Waals surface area contributed by atoms with Gasteiger partial charge >= 0.3 is 0 Å². The maximum Gasteiger partial charge on any atom is 0.248 e. The summed E-state index contributed by atoms with van der Waals surface area (Å²) >= 11 is 0. The third-order valence-corrected chi connectivity index (χ3v) is 4.79. The van der Waals surface area contributed by atoms with Gasteiger partial charge in [0, 0.05) is 31.5 Å². The molecule has 0 saturated carbocycles. The predicted molar refractivity (Wildman–Crippen MR) is 77.8 cm³/mol. The van der Waals surface area contributed by atoms with Gasteiger partial charge in [-0.3, -0.25) is 9.78 Å². The van der Waals surface area contributed by atoms with Crippen LogP contribution in [0, 0.1) is 0 Å². The Hall–Kier alpha value is -2.25. The molecule has 2 rings (SSSR count). The standard InChI is InChI=1S/C14H15N3O3S/c1-17(10-11-3-2-8-16-9-11)21(19,20)13-6-4-12(5-7-13)14(15)18/h2-9H,10H2,1H3,(H2,15,18). The van der Waals surface area contributed by atoms with Crippen LogP contribution < -0.4 is 5.73 Å². The van der Waals surface area contributed by atoms with E-state index in [9.17, 15) is 13.2 Å². The number of primary amides is 1. The molecule has 2 N–H and O–H groups in total. The van der Waals surface area contributed by atoms with E-state index in [2.05, 4.69) is 4.98 Å². The van der Waals surface area contributed by atoms with Gasteiger partial charge in [-0.1, -0.05) is 6.07 Å². The molecule has 0 saturated heterocycles. The zero-order valence-electron chi connectivity index (χ0n) is 11.4. The summed E-state index contributed by atoms with van der Waals surface area (Å²) < 4.78 is 26.0. The topological polar surface area (TPSA) is 93.4 Å². The number of rotatable bonds is 5. The molecule has 6 nitrogen and oxygen atoms in total. The first kappa shape index (κ1) is 15.1. The SMILES string of the molecule is CN(Cc1cccnc1)S(=O)(=O)c1ccc(C(N)=O)cc1. The van der Waals surface area contributed by atoms with Crippen LogP contribution in [-0.2, 0) is 16.6 Å². The zero-order valence-corrected chi connectivity index (χ0v) is 12.2. The van der Waals surface area contributed by atoms with E-state index in [1.54, 1.807) is 24.5 Å². The predicted octanol–water partition coefficient (Wildman–Crippen LogP) is 1.00. The Balaban J connectivity index is 2.22. The molecule has 0 aliphatic heterocycles. The van der Waals surface area contributed by atoms with E-state index >= 15 is 0 Å². The molecule has 110 valence electrons. The molecule has 0 aliphatic carbocycles. The minimum Gasteiger partial charge on any atom is -0.366 e. The summed E-state index contributed by atoms with van der Waals surface area (Å²) in [5.74, 6) is -0.595. The maximum atomic E-state index is 12.4. The number of amides is 1. The van der Waals surface area contributed by atoms with Crippen LogP contribution in [0.5, 0.6) is 0 Å². The Morgan fingerprint density at radius 3 is 2.43 bits per heavy atom. The number of hydrogen-bond acceptors (Lipinski definition) is 4. The van der Waals surface area contributed by atoms with Crippen molar-refractivity contribution in [2.24, 2.45) is 5.73 Å². The highest BCUT2D eigenvalue weighted by Gasteiger charge is 2.21. The number of carbonyl (C=O) groups excluding carboxylic acids is 1. The highest BCUT2D eigenvalue weighted by Crippen LogP contribution is 2.17. The lowest BCUT2D eigenvalue weighted by molar-refractivity contribution is 0.1000. The molecule has 0 aliphatic rings. The maximum absolute atomic E-state index is 12.4. The number of nitrogens with two attached hydrogens (primary N) is 1. The smallest absolute Gasteiger partial charge is 0.248 e. The van der Waals surface area contributed by atoms with E-state index in [0.29, 0.717) is 0 Å². The number of sulfonamides is 1. The van der Waals surface area contributed by atoms with Crippen LogP contribution in [-0.4, -0.2) is 30.7 Å². The van der Waals surface area contributed by atoms with Gasteiger partial charge < -0.3 is 5.73 Å². The monoisotopic (exact) mass is 305 g/mol. The second kappa shape index (κ2) is 6.02. The number of carbonyl (C=O) groups is 1. The molecule has 1 aromatic carbocycles. The summed E-state index contributed by atoms with van der Waals surface area (Å²) in [5.41, 5.74) is 6.19. The number of hydrogen-bond donors (Lipinski definition) is 1. The van der Waals surface area contributed by atoms with E-state index in [1.807, 2.05) is 0 Å². The Kier molecular flexibility index (Phi) is 4.35. The molecule has 1 heterocycles. The molecule has 0 unspecified atom stereocenters. The van der Waals surface area contributed by atoms with Gasteiger partial charge in [0.1, 0.15) is 0 Å².